The molecule has 2 aliphatic carbocycles. The Labute approximate surface area is 215 Å². The van der Waals surface area contributed by atoms with E-state index in [-0.39, 0.29) is 30.8 Å². The largest absolute Gasteiger partial charge is 0.445 e. The van der Waals surface area contributed by atoms with Crippen molar-refractivity contribution in [1.29, 1.82) is 0 Å². The van der Waals surface area contributed by atoms with E-state index in [1.54, 1.807) is 17.4 Å². The number of carbonyl (C=O) groups is 2. The highest BCUT2D eigenvalue weighted by molar-refractivity contribution is 7.09. The number of rotatable bonds is 7. The van der Waals surface area contributed by atoms with Gasteiger partial charge < -0.3 is 20.3 Å². The zero-order chi connectivity index (χ0) is 25.9. The molecule has 2 saturated carbocycles. The third kappa shape index (κ3) is 5.43. The fourth-order valence-electron chi connectivity index (χ4n) is 6.49. The number of ether oxygens (including phenoxy) is 1. The van der Waals surface area contributed by atoms with Crippen LogP contribution in [-0.2, 0) is 16.1 Å². The van der Waals surface area contributed by atoms with Gasteiger partial charge in [-0.05, 0) is 72.6 Å². The topological polar surface area (TPSA) is 108 Å². The zero-order valence-corrected chi connectivity index (χ0v) is 21.5. The third-order valence-corrected chi connectivity index (χ3v) is 9.32. The molecule has 4 N–H and O–H groups in total. The van der Waals surface area contributed by atoms with Crippen LogP contribution in [0.3, 0.4) is 0 Å². The fourth-order valence-corrected chi connectivity index (χ4v) is 7.14. The first kappa shape index (κ1) is 26.6. The number of hydrogen-bond acceptors (Lipinski definition) is 6. The Balaban J connectivity index is 1.46. The number of carbonyl (C=O) groups excluding carboxylic acids is 2. The van der Waals surface area contributed by atoms with Gasteiger partial charge in [0.05, 0.1) is 19.3 Å². The van der Waals surface area contributed by atoms with Crippen LogP contribution in [0.1, 0.15) is 50.8 Å². The molecule has 0 radical (unpaired) electrons. The lowest BCUT2D eigenvalue weighted by Gasteiger charge is -2.60. The van der Waals surface area contributed by atoms with Gasteiger partial charge in [0.2, 0.25) is 5.91 Å². The van der Waals surface area contributed by atoms with E-state index in [2.05, 4.69) is 17.6 Å². The van der Waals surface area contributed by atoms with Gasteiger partial charge in [0, 0.05) is 22.4 Å². The van der Waals surface area contributed by atoms with Gasteiger partial charge in [0.15, 0.2) is 0 Å². The Morgan fingerprint density at radius 3 is 2.69 bits per heavy atom. The molecule has 0 spiro atoms. The molecule has 2 fully saturated rings. The molecule has 9 heteroatoms. The van der Waals surface area contributed by atoms with Crippen molar-refractivity contribution < 1.29 is 28.9 Å². The van der Waals surface area contributed by atoms with Crippen LogP contribution in [0.15, 0.2) is 41.8 Å². The van der Waals surface area contributed by atoms with E-state index in [1.165, 1.54) is 18.2 Å². The van der Waals surface area contributed by atoms with E-state index in [9.17, 15) is 24.2 Å². The van der Waals surface area contributed by atoms with Crippen LogP contribution < -0.4 is 10.6 Å². The van der Waals surface area contributed by atoms with Crippen molar-refractivity contribution in [2.75, 3.05) is 11.9 Å². The maximum Gasteiger partial charge on any atom is 0.411 e. The van der Waals surface area contributed by atoms with Gasteiger partial charge in [-0.25, -0.2) is 9.18 Å². The van der Waals surface area contributed by atoms with E-state index in [0.717, 1.165) is 4.88 Å². The van der Waals surface area contributed by atoms with Crippen LogP contribution in [0.5, 0.6) is 0 Å². The number of anilines is 1. The monoisotopic (exact) mass is 518 g/mol. The minimum atomic E-state index is -0.752. The van der Waals surface area contributed by atoms with Gasteiger partial charge in [-0.2, -0.15) is 0 Å². The summed E-state index contributed by atoms with van der Waals surface area (Å²) in [6.07, 6.45) is 0.634. The SMILES string of the molecule is CC1(CO)C(OC(=O)Nc2cccc(F)c2)CCC2(C)C(CC(=O)NCc3cccs3)C(O)CCC12. The lowest BCUT2D eigenvalue weighted by Crippen LogP contribution is -2.61. The second-order valence-corrected chi connectivity index (χ2v) is 11.6. The van der Waals surface area contributed by atoms with Gasteiger partial charge in [0.25, 0.3) is 0 Å². The van der Waals surface area contributed by atoms with Crippen LogP contribution in [0.25, 0.3) is 0 Å². The van der Waals surface area contributed by atoms with Crippen molar-refractivity contribution >= 4 is 29.0 Å². The van der Waals surface area contributed by atoms with Crippen LogP contribution >= 0.6 is 11.3 Å². The Hall–Kier alpha value is -2.49. The summed E-state index contributed by atoms with van der Waals surface area (Å²) in [6.45, 7) is 4.28. The summed E-state index contributed by atoms with van der Waals surface area (Å²) < 4.78 is 19.3. The van der Waals surface area contributed by atoms with Crippen molar-refractivity contribution in [3.8, 4) is 0 Å². The lowest BCUT2D eigenvalue weighted by molar-refractivity contribution is -0.185. The summed E-state index contributed by atoms with van der Waals surface area (Å²) in [7, 11) is 0. The Morgan fingerprint density at radius 2 is 2.00 bits per heavy atom. The molecular formula is C27H35FN2O5S. The van der Waals surface area contributed by atoms with Crippen molar-refractivity contribution in [3.05, 3.63) is 52.5 Å². The standard InChI is InChI=1S/C27H35FN2O5S/c1-26-11-10-23(35-25(34)30-18-6-3-5-17(28)13-18)27(2,16-31)22(26)9-8-21(32)20(26)14-24(33)29-15-19-7-4-12-36-19/h3-7,12-13,20-23,31-32H,8-11,14-16H2,1-2H3,(H,29,33)(H,30,34). The predicted molar refractivity (Wildman–Crippen MR) is 136 cm³/mol. The molecule has 36 heavy (non-hydrogen) atoms. The molecule has 0 aliphatic heterocycles. The van der Waals surface area contributed by atoms with Crippen molar-refractivity contribution in [3.63, 3.8) is 0 Å². The molecule has 6 unspecified atom stereocenters. The normalized spacial score (nSPS) is 31.8. The van der Waals surface area contributed by atoms with E-state index in [0.29, 0.717) is 37.9 Å². The summed E-state index contributed by atoms with van der Waals surface area (Å²) in [4.78, 5) is 26.5. The maximum atomic E-state index is 13.5. The van der Waals surface area contributed by atoms with Gasteiger partial charge >= 0.3 is 6.09 Å². The first-order valence-corrected chi connectivity index (χ1v) is 13.3. The summed E-state index contributed by atoms with van der Waals surface area (Å²) in [5.74, 6) is -0.901. The number of fused-ring (bicyclic) bond motifs is 1. The number of aliphatic hydroxyl groups is 2. The van der Waals surface area contributed by atoms with Crippen LogP contribution in [0.4, 0.5) is 14.9 Å². The number of thiophene rings is 1. The first-order valence-electron chi connectivity index (χ1n) is 12.5. The molecule has 1 aromatic heterocycles. The average Bonchev–Trinajstić information content (AvgIpc) is 3.36. The minimum absolute atomic E-state index is 0.0609. The number of aliphatic hydroxyl groups excluding tert-OH is 2. The highest BCUT2D eigenvalue weighted by atomic mass is 32.1. The summed E-state index contributed by atoms with van der Waals surface area (Å²) in [5.41, 5.74) is -0.868. The molecule has 0 bridgehead atoms. The molecule has 4 rings (SSSR count). The van der Waals surface area contributed by atoms with Crippen LogP contribution in [0, 0.1) is 28.5 Å². The molecule has 7 nitrogen and oxygen atoms in total. The van der Waals surface area contributed by atoms with E-state index >= 15 is 0 Å². The van der Waals surface area contributed by atoms with Crippen LogP contribution in [-0.4, -0.2) is 41.0 Å². The fraction of sp³-hybridized carbons (Fsp3) is 0.556. The summed E-state index contributed by atoms with van der Waals surface area (Å²) >= 11 is 1.58. The van der Waals surface area contributed by atoms with Gasteiger partial charge in [-0.15, -0.1) is 11.3 Å². The maximum absolute atomic E-state index is 13.5. The van der Waals surface area contributed by atoms with Crippen molar-refractivity contribution in [1.82, 2.24) is 5.32 Å². The highest BCUT2D eigenvalue weighted by Crippen LogP contribution is 2.61. The minimum Gasteiger partial charge on any atom is -0.445 e. The molecule has 2 amide bonds. The summed E-state index contributed by atoms with van der Waals surface area (Å²) in [5, 5.41) is 29.0. The molecule has 2 aliphatic rings. The average molecular weight is 519 g/mol. The van der Waals surface area contributed by atoms with Gasteiger partial charge in [-0.1, -0.05) is 26.0 Å². The molecule has 1 heterocycles. The molecule has 0 saturated heterocycles. The van der Waals surface area contributed by atoms with E-state index in [1.807, 2.05) is 24.4 Å². The zero-order valence-electron chi connectivity index (χ0n) is 20.7. The third-order valence-electron chi connectivity index (χ3n) is 8.44. The lowest BCUT2D eigenvalue weighted by atomic mass is 9.46. The van der Waals surface area contributed by atoms with Crippen molar-refractivity contribution in [2.45, 2.75) is 64.7 Å². The molecule has 2 aromatic rings. The second kappa shape index (κ2) is 10.9. The number of benzene rings is 1. The Morgan fingerprint density at radius 1 is 1.19 bits per heavy atom. The van der Waals surface area contributed by atoms with Crippen LogP contribution in [0.2, 0.25) is 0 Å². The predicted octanol–water partition coefficient (Wildman–Crippen LogP) is 4.70. The second-order valence-electron chi connectivity index (χ2n) is 10.6. The first-order chi connectivity index (χ1) is 17.2. The van der Waals surface area contributed by atoms with Crippen molar-refractivity contribution in [2.24, 2.45) is 22.7 Å². The number of amides is 2. The number of nitrogens with one attached hydrogen (secondary N) is 2. The quantitative estimate of drug-likeness (QED) is 0.425. The molecule has 196 valence electrons. The van der Waals surface area contributed by atoms with E-state index < -0.39 is 34.9 Å². The smallest absolute Gasteiger partial charge is 0.411 e. The highest BCUT2D eigenvalue weighted by Gasteiger charge is 2.60. The van der Waals surface area contributed by atoms with Gasteiger partial charge in [0.1, 0.15) is 11.9 Å². The summed E-state index contributed by atoms with van der Waals surface area (Å²) in [6, 6.07) is 9.48. The molecule has 1 aromatic carbocycles. The number of halogens is 1. The Bertz CT molecular complexity index is 1070. The number of hydrogen-bond donors (Lipinski definition) is 4. The molecular weight excluding hydrogens is 483 g/mol. The Kier molecular flexibility index (Phi) is 8.02. The van der Waals surface area contributed by atoms with Gasteiger partial charge in [-0.3, -0.25) is 10.1 Å². The van der Waals surface area contributed by atoms with E-state index in [4.69, 9.17) is 4.74 Å². The molecule has 6 atom stereocenters.